The van der Waals surface area contributed by atoms with Gasteiger partial charge in [-0.15, -0.1) is 0 Å². The van der Waals surface area contributed by atoms with Crippen molar-refractivity contribution in [2.24, 2.45) is 0 Å². The number of aromatic carboxylic acids is 1. The first-order valence-electron chi connectivity index (χ1n) is 7.09. The van der Waals surface area contributed by atoms with Crippen LogP contribution in [0.5, 0.6) is 11.5 Å². The normalized spacial score (nSPS) is 10.6. The van der Waals surface area contributed by atoms with E-state index in [9.17, 15) is 14.3 Å². The van der Waals surface area contributed by atoms with Gasteiger partial charge in [-0.2, -0.15) is 0 Å². The van der Waals surface area contributed by atoms with Gasteiger partial charge in [0.15, 0.2) is 0 Å². The molecule has 0 bridgehead atoms. The molecule has 0 saturated heterocycles. The minimum absolute atomic E-state index is 0.0284. The Labute approximate surface area is 137 Å². The van der Waals surface area contributed by atoms with Crippen molar-refractivity contribution in [3.8, 4) is 22.8 Å². The molecule has 1 aromatic heterocycles. The van der Waals surface area contributed by atoms with Gasteiger partial charge in [0.1, 0.15) is 17.3 Å². The van der Waals surface area contributed by atoms with E-state index < -0.39 is 11.8 Å². The van der Waals surface area contributed by atoms with Crippen LogP contribution in [0, 0.1) is 5.82 Å². The van der Waals surface area contributed by atoms with Gasteiger partial charge in [0.25, 0.3) is 0 Å². The number of pyridine rings is 1. The van der Waals surface area contributed by atoms with Gasteiger partial charge in [-0.1, -0.05) is 0 Å². The summed E-state index contributed by atoms with van der Waals surface area (Å²) in [5, 5.41) is 9.71. The van der Waals surface area contributed by atoms with E-state index in [0.29, 0.717) is 28.3 Å². The van der Waals surface area contributed by atoms with Gasteiger partial charge in [-0.05, 0) is 42.5 Å². The van der Waals surface area contributed by atoms with Gasteiger partial charge in [0.2, 0.25) is 0 Å². The average molecular weight is 327 g/mol. The van der Waals surface area contributed by atoms with Crippen LogP contribution in [0.25, 0.3) is 22.2 Å². The zero-order chi connectivity index (χ0) is 17.3. The maximum atomic E-state index is 13.5. The number of ether oxygens (including phenoxy) is 2. The molecular weight excluding hydrogens is 313 g/mol. The molecule has 3 rings (SSSR count). The molecule has 6 heteroatoms. The molecule has 0 atom stereocenters. The first-order chi connectivity index (χ1) is 11.5. The fraction of sp³-hybridized carbons (Fsp3) is 0.111. The van der Waals surface area contributed by atoms with E-state index in [1.54, 1.807) is 18.2 Å². The minimum Gasteiger partial charge on any atom is -0.497 e. The Balaban J connectivity index is 2.31. The van der Waals surface area contributed by atoms with Crippen molar-refractivity contribution < 1.29 is 23.8 Å². The topological polar surface area (TPSA) is 68.7 Å². The molecule has 0 aliphatic carbocycles. The molecule has 0 saturated carbocycles. The van der Waals surface area contributed by atoms with Crippen molar-refractivity contribution in [1.29, 1.82) is 0 Å². The molecule has 1 heterocycles. The highest BCUT2D eigenvalue weighted by molar-refractivity contribution is 6.04. The fourth-order valence-corrected chi connectivity index (χ4v) is 2.53. The van der Waals surface area contributed by atoms with E-state index in [1.807, 2.05) is 0 Å². The average Bonchev–Trinajstić information content (AvgIpc) is 2.60. The lowest BCUT2D eigenvalue weighted by Gasteiger charge is -2.12. The quantitative estimate of drug-likeness (QED) is 0.790. The number of carbonyl (C=O) groups is 1. The highest BCUT2D eigenvalue weighted by atomic mass is 19.1. The van der Waals surface area contributed by atoms with E-state index in [1.165, 1.54) is 38.5 Å². The third-order valence-corrected chi connectivity index (χ3v) is 3.68. The second kappa shape index (κ2) is 6.16. The Morgan fingerprint density at radius 3 is 2.54 bits per heavy atom. The van der Waals surface area contributed by atoms with Crippen LogP contribution in [0.1, 0.15) is 10.4 Å². The Morgan fingerprint density at radius 1 is 1.08 bits per heavy atom. The second-order valence-corrected chi connectivity index (χ2v) is 5.09. The van der Waals surface area contributed by atoms with E-state index in [-0.39, 0.29) is 10.9 Å². The van der Waals surface area contributed by atoms with Crippen LogP contribution in [0.3, 0.4) is 0 Å². The van der Waals surface area contributed by atoms with Crippen LogP contribution in [-0.4, -0.2) is 30.3 Å². The van der Waals surface area contributed by atoms with Gasteiger partial charge in [-0.25, -0.2) is 14.2 Å². The molecule has 0 aliphatic rings. The summed E-state index contributed by atoms with van der Waals surface area (Å²) in [4.78, 5) is 16.0. The number of fused-ring (bicyclic) bond motifs is 1. The summed E-state index contributed by atoms with van der Waals surface area (Å²) in [7, 11) is 3.05. The molecule has 0 unspecified atom stereocenters. The molecule has 2 aromatic carbocycles. The third kappa shape index (κ3) is 2.74. The number of rotatable bonds is 4. The smallest absolute Gasteiger partial charge is 0.336 e. The Bertz CT molecular complexity index is 940. The fourth-order valence-electron chi connectivity index (χ4n) is 2.53. The van der Waals surface area contributed by atoms with Crippen molar-refractivity contribution in [2.75, 3.05) is 14.2 Å². The zero-order valence-corrected chi connectivity index (χ0v) is 13.0. The molecule has 5 nitrogen and oxygen atoms in total. The maximum absolute atomic E-state index is 13.5. The number of carboxylic acids is 1. The lowest BCUT2D eigenvalue weighted by Crippen LogP contribution is -2.01. The Morgan fingerprint density at radius 2 is 1.88 bits per heavy atom. The highest BCUT2D eigenvalue weighted by Gasteiger charge is 2.16. The van der Waals surface area contributed by atoms with Crippen molar-refractivity contribution in [3.05, 3.63) is 53.8 Å². The van der Waals surface area contributed by atoms with E-state index in [0.717, 1.165) is 0 Å². The molecule has 0 spiro atoms. The van der Waals surface area contributed by atoms with Crippen molar-refractivity contribution in [1.82, 2.24) is 4.98 Å². The van der Waals surface area contributed by atoms with E-state index in [4.69, 9.17) is 9.47 Å². The van der Waals surface area contributed by atoms with Gasteiger partial charge < -0.3 is 14.6 Å². The number of benzene rings is 2. The van der Waals surface area contributed by atoms with Crippen LogP contribution in [0.4, 0.5) is 4.39 Å². The van der Waals surface area contributed by atoms with Crippen molar-refractivity contribution >= 4 is 16.9 Å². The molecule has 0 aliphatic heterocycles. The molecule has 3 aromatic rings. The van der Waals surface area contributed by atoms with Crippen LogP contribution in [-0.2, 0) is 0 Å². The maximum Gasteiger partial charge on any atom is 0.336 e. The van der Waals surface area contributed by atoms with Gasteiger partial charge in [-0.3, -0.25) is 0 Å². The summed E-state index contributed by atoms with van der Waals surface area (Å²) in [6.45, 7) is 0. The standard InChI is InChI=1S/C18H14FNO4/c1-23-11-4-6-17(24-2)14(8-11)16-9-13(18(21)22)12-7-10(19)3-5-15(12)20-16/h3-9H,1-2H3,(H,21,22). The van der Waals surface area contributed by atoms with Crippen LogP contribution < -0.4 is 9.47 Å². The monoisotopic (exact) mass is 327 g/mol. The molecule has 122 valence electrons. The molecule has 24 heavy (non-hydrogen) atoms. The molecule has 1 N–H and O–H groups in total. The van der Waals surface area contributed by atoms with Crippen LogP contribution in [0.15, 0.2) is 42.5 Å². The number of aromatic nitrogens is 1. The van der Waals surface area contributed by atoms with E-state index in [2.05, 4.69) is 4.98 Å². The molecule has 0 amide bonds. The summed E-state index contributed by atoms with van der Waals surface area (Å²) >= 11 is 0. The zero-order valence-electron chi connectivity index (χ0n) is 13.0. The highest BCUT2D eigenvalue weighted by Crippen LogP contribution is 2.34. The van der Waals surface area contributed by atoms with E-state index >= 15 is 0 Å². The largest absolute Gasteiger partial charge is 0.497 e. The predicted octanol–water partition coefficient (Wildman–Crippen LogP) is 3.76. The molecule has 0 radical (unpaired) electrons. The number of methoxy groups -OCH3 is 2. The van der Waals surface area contributed by atoms with Gasteiger partial charge in [0.05, 0.1) is 31.0 Å². The van der Waals surface area contributed by atoms with Crippen molar-refractivity contribution in [2.45, 2.75) is 0 Å². The Hall–Kier alpha value is -3.15. The number of hydrogen-bond acceptors (Lipinski definition) is 4. The van der Waals surface area contributed by atoms with Crippen LogP contribution >= 0.6 is 0 Å². The second-order valence-electron chi connectivity index (χ2n) is 5.09. The minimum atomic E-state index is -1.16. The Kier molecular flexibility index (Phi) is 4.04. The summed E-state index contributed by atoms with van der Waals surface area (Å²) < 4.78 is 24.0. The lowest BCUT2D eigenvalue weighted by molar-refractivity contribution is 0.0699. The molecule has 0 fully saturated rings. The predicted molar refractivity (Wildman–Crippen MR) is 87.2 cm³/mol. The summed E-state index contributed by atoms with van der Waals surface area (Å²) in [5.41, 5.74) is 1.35. The number of nitrogens with zero attached hydrogens (tertiary/aromatic N) is 1. The summed E-state index contributed by atoms with van der Waals surface area (Å²) in [5.74, 6) is -0.556. The number of hydrogen-bond donors (Lipinski definition) is 1. The first kappa shape index (κ1) is 15.7. The summed E-state index contributed by atoms with van der Waals surface area (Å²) in [6.07, 6.45) is 0. The summed E-state index contributed by atoms with van der Waals surface area (Å²) in [6, 6.07) is 10.4. The van der Waals surface area contributed by atoms with Crippen LogP contribution in [0.2, 0.25) is 0 Å². The lowest BCUT2D eigenvalue weighted by atomic mass is 10.0. The van der Waals surface area contributed by atoms with Gasteiger partial charge >= 0.3 is 5.97 Å². The molecular formula is C18H14FNO4. The SMILES string of the molecule is COc1ccc(OC)c(-c2cc(C(=O)O)c3cc(F)ccc3n2)c1. The number of carboxylic acid groups (broad SMARTS) is 1. The van der Waals surface area contributed by atoms with Crippen molar-refractivity contribution in [3.63, 3.8) is 0 Å². The number of halogens is 1. The van der Waals surface area contributed by atoms with Gasteiger partial charge in [0, 0.05) is 10.9 Å². The first-order valence-corrected chi connectivity index (χ1v) is 7.09. The third-order valence-electron chi connectivity index (χ3n) is 3.68.